The summed E-state index contributed by atoms with van der Waals surface area (Å²) in [6.45, 7) is 8.98. The summed E-state index contributed by atoms with van der Waals surface area (Å²) in [5.74, 6) is 0.147. The number of carbonyl (C=O) groups is 2. The molecule has 1 saturated carbocycles. The van der Waals surface area contributed by atoms with Gasteiger partial charge in [0.2, 0.25) is 0 Å². The first-order valence-corrected chi connectivity index (χ1v) is 13.5. The van der Waals surface area contributed by atoms with Gasteiger partial charge >= 0.3 is 20.0 Å². The highest BCUT2D eigenvalue weighted by Gasteiger charge is 2.64. The van der Waals surface area contributed by atoms with E-state index in [4.69, 9.17) is 18.5 Å². The van der Waals surface area contributed by atoms with Gasteiger partial charge in [-0.15, -0.1) is 0 Å². The molecule has 1 aliphatic carbocycles. The lowest BCUT2D eigenvalue weighted by atomic mass is 9.96. The second-order valence-corrected chi connectivity index (χ2v) is 11.5. The number of aromatic amines is 1. The number of hydrogen-bond acceptors (Lipinski definition) is 10. The van der Waals surface area contributed by atoms with Crippen LogP contribution in [0.1, 0.15) is 40.8 Å². The molecule has 2 heterocycles. The van der Waals surface area contributed by atoms with Gasteiger partial charge in [0.25, 0.3) is 5.56 Å². The molecule has 0 aromatic carbocycles. The molecule has 2 aliphatic rings. The lowest BCUT2D eigenvalue weighted by Gasteiger charge is -2.23. The Balaban J connectivity index is 1.35. The summed E-state index contributed by atoms with van der Waals surface area (Å²) in [4.78, 5) is 49.5. The molecule has 1 saturated heterocycles. The van der Waals surface area contributed by atoms with Gasteiger partial charge < -0.3 is 23.8 Å². The van der Waals surface area contributed by atoms with Crippen LogP contribution in [0.3, 0.4) is 0 Å². The zero-order valence-corrected chi connectivity index (χ0v) is 22.1. The number of ether oxygens (including phenoxy) is 2. The maximum atomic E-state index is 12.4. The van der Waals surface area contributed by atoms with E-state index in [9.17, 15) is 23.7 Å². The van der Waals surface area contributed by atoms with Crippen LogP contribution in [0.5, 0.6) is 0 Å². The van der Waals surface area contributed by atoms with Gasteiger partial charge in [-0.05, 0) is 13.8 Å². The van der Waals surface area contributed by atoms with Crippen molar-refractivity contribution in [2.24, 2.45) is 17.3 Å². The second-order valence-electron chi connectivity index (χ2n) is 9.45. The maximum Gasteiger partial charge on any atom is 0.407 e. The van der Waals surface area contributed by atoms with E-state index in [2.05, 4.69) is 10.3 Å². The van der Waals surface area contributed by atoms with E-state index in [1.807, 2.05) is 6.92 Å². The molecule has 1 aliphatic heterocycles. The van der Waals surface area contributed by atoms with Crippen molar-refractivity contribution in [2.45, 2.75) is 59.2 Å². The molecular weight excluding hydrogens is 501 g/mol. The van der Waals surface area contributed by atoms with E-state index in [0.29, 0.717) is 0 Å². The largest absolute Gasteiger partial charge is 0.447 e. The molecule has 0 bridgehead atoms. The highest BCUT2D eigenvalue weighted by Crippen LogP contribution is 2.57. The highest BCUT2D eigenvalue weighted by molar-refractivity contribution is 8.13. The van der Waals surface area contributed by atoms with Crippen molar-refractivity contribution < 1.29 is 32.7 Å². The van der Waals surface area contributed by atoms with E-state index in [1.54, 1.807) is 27.7 Å². The summed E-state index contributed by atoms with van der Waals surface area (Å²) < 4.78 is 35.2. The van der Waals surface area contributed by atoms with Gasteiger partial charge in [-0.3, -0.25) is 23.7 Å². The molecule has 12 nitrogen and oxygen atoms in total. The number of thioether (sulfide) groups is 1. The fraction of sp³-hybridized carbons (Fsp3) is 0.714. The Bertz CT molecular complexity index is 1070. The minimum Gasteiger partial charge on any atom is -0.447 e. The van der Waals surface area contributed by atoms with Crippen molar-refractivity contribution >= 4 is 31.2 Å². The molecule has 196 valence electrons. The number of alkyl carbamates (subject to hydrolysis) is 1. The first-order chi connectivity index (χ1) is 16.4. The van der Waals surface area contributed by atoms with Gasteiger partial charge in [0.15, 0.2) is 5.12 Å². The standard InChI is InChI=1S/C21H32N3O9PS/c1-11(2)31-20(28)22-10-21(4,5)18(26)35-9-8-30-34(29)33-16-14-12(3)17(32-15(14)16)24-7-6-13(25)23-19(24)27/h6-7,11-12,14-17,34H,8-10H2,1-5H3,(H,22,28)(H,23,25,27)/t12-,14?,15-,16?,17+/m0/s1. The Morgan fingerprint density at radius 3 is 2.66 bits per heavy atom. The highest BCUT2D eigenvalue weighted by atomic mass is 32.2. The third-order valence-corrected chi connectivity index (χ3v) is 7.85. The van der Waals surface area contributed by atoms with Crippen molar-refractivity contribution in [3.05, 3.63) is 33.1 Å². The van der Waals surface area contributed by atoms with Gasteiger partial charge in [0.1, 0.15) is 6.23 Å². The normalized spacial score (nSPS) is 26.3. The minimum atomic E-state index is -2.80. The second kappa shape index (κ2) is 11.4. The molecule has 14 heteroatoms. The maximum absolute atomic E-state index is 12.4. The molecule has 6 atom stereocenters. The molecular formula is C21H32N3O9PS. The summed E-state index contributed by atoms with van der Waals surface area (Å²) in [7, 11) is -2.80. The molecule has 3 unspecified atom stereocenters. The van der Waals surface area contributed by atoms with E-state index in [0.717, 1.165) is 11.8 Å². The van der Waals surface area contributed by atoms with E-state index >= 15 is 0 Å². The summed E-state index contributed by atoms with van der Waals surface area (Å²) in [6, 6.07) is 1.25. The van der Waals surface area contributed by atoms with Crippen LogP contribution in [-0.4, -0.2) is 58.0 Å². The molecule has 2 fully saturated rings. The van der Waals surface area contributed by atoms with Crippen LogP contribution in [0.25, 0.3) is 0 Å². The van der Waals surface area contributed by atoms with Crippen LogP contribution in [0.4, 0.5) is 4.79 Å². The lowest BCUT2D eigenvalue weighted by molar-refractivity contribution is -0.117. The number of fused-ring (bicyclic) bond motifs is 1. The van der Waals surface area contributed by atoms with Gasteiger partial charge in [-0.2, -0.15) is 0 Å². The van der Waals surface area contributed by atoms with Crippen LogP contribution >= 0.6 is 20.0 Å². The molecule has 1 aromatic rings. The van der Waals surface area contributed by atoms with Crippen molar-refractivity contribution in [1.29, 1.82) is 0 Å². The van der Waals surface area contributed by atoms with Gasteiger partial charge in [0.05, 0.1) is 30.3 Å². The number of aromatic nitrogens is 2. The predicted octanol–water partition coefficient (Wildman–Crippen LogP) is 1.91. The number of H-pyrrole nitrogens is 1. The average Bonchev–Trinajstić information content (AvgIpc) is 3.32. The molecule has 35 heavy (non-hydrogen) atoms. The SMILES string of the molecule is CC(C)OC(=O)NCC(C)(C)C(=O)SCCO[PH](=O)OC1C2[C@@H]1O[C@@H](n1ccc(=O)[nH]c1=O)[C@H]2C. The number of rotatable bonds is 11. The number of nitrogens with zero attached hydrogens (tertiary/aromatic N) is 1. The smallest absolute Gasteiger partial charge is 0.407 e. The predicted molar refractivity (Wildman–Crippen MR) is 129 cm³/mol. The fourth-order valence-corrected chi connectivity index (χ4v) is 5.65. The number of amides is 1. The van der Waals surface area contributed by atoms with Crippen LogP contribution in [0.2, 0.25) is 0 Å². The summed E-state index contributed by atoms with van der Waals surface area (Å²) in [6.07, 6.45) is -0.677. The summed E-state index contributed by atoms with van der Waals surface area (Å²) >= 11 is 1.03. The van der Waals surface area contributed by atoms with Gasteiger partial charge in [-0.25, -0.2) is 9.59 Å². The number of nitrogens with one attached hydrogen (secondary N) is 2. The van der Waals surface area contributed by atoms with Gasteiger partial charge in [-0.1, -0.05) is 32.5 Å². The Hall–Kier alpha value is -1.92. The van der Waals surface area contributed by atoms with Crippen molar-refractivity contribution in [1.82, 2.24) is 14.9 Å². The first-order valence-electron chi connectivity index (χ1n) is 11.3. The zero-order valence-electron chi connectivity index (χ0n) is 20.3. The Morgan fingerprint density at radius 2 is 2.06 bits per heavy atom. The Kier molecular flexibility index (Phi) is 9.03. The van der Waals surface area contributed by atoms with Crippen molar-refractivity contribution in [3.63, 3.8) is 0 Å². The third kappa shape index (κ3) is 7.07. The van der Waals surface area contributed by atoms with Crippen LogP contribution < -0.4 is 16.6 Å². The molecule has 2 N–H and O–H groups in total. The van der Waals surface area contributed by atoms with Gasteiger partial charge in [0, 0.05) is 36.4 Å². The van der Waals surface area contributed by atoms with E-state index < -0.39 is 43.3 Å². The third-order valence-electron chi connectivity index (χ3n) is 5.76. The zero-order chi connectivity index (χ0) is 25.9. The Labute approximate surface area is 207 Å². The van der Waals surface area contributed by atoms with Crippen LogP contribution in [-0.2, 0) is 27.9 Å². The molecule has 1 aromatic heterocycles. The molecule has 0 radical (unpaired) electrons. The topological polar surface area (TPSA) is 155 Å². The summed E-state index contributed by atoms with van der Waals surface area (Å²) in [5.41, 5.74) is -1.84. The monoisotopic (exact) mass is 533 g/mol. The van der Waals surface area contributed by atoms with Crippen molar-refractivity contribution in [3.8, 4) is 0 Å². The quantitative estimate of drug-likeness (QED) is 0.318. The van der Waals surface area contributed by atoms with Crippen molar-refractivity contribution in [2.75, 3.05) is 18.9 Å². The van der Waals surface area contributed by atoms with E-state index in [-0.39, 0.29) is 48.1 Å². The number of carbonyl (C=O) groups excluding carboxylic acids is 2. The van der Waals surface area contributed by atoms with Crippen LogP contribution in [0, 0.1) is 17.3 Å². The lowest BCUT2D eigenvalue weighted by Crippen LogP contribution is -2.39. The first kappa shape index (κ1) is 27.7. The molecule has 3 rings (SSSR count). The fourth-order valence-electron chi connectivity index (χ4n) is 3.83. The summed E-state index contributed by atoms with van der Waals surface area (Å²) in [5, 5.41) is 2.43. The van der Waals surface area contributed by atoms with Crippen LogP contribution in [0.15, 0.2) is 21.9 Å². The molecule has 1 amide bonds. The average molecular weight is 534 g/mol. The Morgan fingerprint density at radius 1 is 1.34 bits per heavy atom. The van der Waals surface area contributed by atoms with E-state index in [1.165, 1.54) is 16.8 Å². The molecule has 0 spiro atoms. The minimum absolute atomic E-state index is 0.0389. The number of hydrogen-bond donors (Lipinski definition) is 2.